The van der Waals surface area contributed by atoms with Gasteiger partial charge in [-0.3, -0.25) is 9.78 Å². The predicted octanol–water partition coefficient (Wildman–Crippen LogP) is 0.829. The first-order valence-corrected chi connectivity index (χ1v) is 6.08. The Labute approximate surface area is 111 Å². The van der Waals surface area contributed by atoms with Gasteiger partial charge in [-0.25, -0.2) is 4.98 Å². The van der Waals surface area contributed by atoms with Crippen LogP contribution in [0.1, 0.15) is 16.2 Å². The van der Waals surface area contributed by atoms with Crippen molar-refractivity contribution in [2.75, 3.05) is 18.9 Å². The number of nitrogens with one attached hydrogen (secondary N) is 2. The van der Waals surface area contributed by atoms with Crippen molar-refractivity contribution in [2.24, 2.45) is 7.05 Å². The number of carbonyl (C=O) groups is 1. The third kappa shape index (κ3) is 3.09. The van der Waals surface area contributed by atoms with Crippen LogP contribution in [0.15, 0.2) is 30.9 Å². The molecule has 0 aliphatic heterocycles. The summed E-state index contributed by atoms with van der Waals surface area (Å²) in [4.78, 5) is 20.2. The van der Waals surface area contributed by atoms with Crippen molar-refractivity contribution in [3.8, 4) is 0 Å². The van der Waals surface area contributed by atoms with Crippen molar-refractivity contribution in [3.05, 3.63) is 42.2 Å². The Bertz CT molecular complexity index is 564. The minimum absolute atomic E-state index is 0.110. The fourth-order valence-electron chi connectivity index (χ4n) is 1.81. The molecule has 1 amide bonds. The lowest BCUT2D eigenvalue weighted by Gasteiger charge is -2.09. The first-order valence-electron chi connectivity index (χ1n) is 6.08. The van der Waals surface area contributed by atoms with Gasteiger partial charge in [-0.15, -0.1) is 0 Å². The highest BCUT2D eigenvalue weighted by atomic mass is 16.1. The molecular weight excluding hydrogens is 242 g/mol. The number of pyridine rings is 1. The van der Waals surface area contributed by atoms with Gasteiger partial charge in [0.25, 0.3) is 5.91 Å². The molecule has 100 valence electrons. The molecule has 0 saturated heterocycles. The molecule has 0 bridgehead atoms. The van der Waals surface area contributed by atoms with Crippen LogP contribution in [0.4, 0.5) is 5.69 Å². The van der Waals surface area contributed by atoms with Gasteiger partial charge in [-0.2, -0.15) is 0 Å². The van der Waals surface area contributed by atoms with Gasteiger partial charge < -0.3 is 15.2 Å². The van der Waals surface area contributed by atoms with E-state index in [-0.39, 0.29) is 5.91 Å². The molecule has 0 radical (unpaired) electrons. The van der Waals surface area contributed by atoms with E-state index in [9.17, 15) is 4.79 Å². The Morgan fingerprint density at radius 2 is 2.26 bits per heavy atom. The van der Waals surface area contributed by atoms with Gasteiger partial charge in [0.15, 0.2) is 0 Å². The van der Waals surface area contributed by atoms with Crippen molar-refractivity contribution < 1.29 is 4.79 Å². The maximum Gasteiger partial charge on any atom is 0.253 e. The zero-order valence-electron chi connectivity index (χ0n) is 11.1. The number of aromatic nitrogens is 3. The van der Waals surface area contributed by atoms with Gasteiger partial charge in [-0.1, -0.05) is 0 Å². The summed E-state index contributed by atoms with van der Waals surface area (Å²) < 4.78 is 1.94. The second-order valence-corrected chi connectivity index (χ2v) is 4.13. The van der Waals surface area contributed by atoms with Crippen LogP contribution >= 0.6 is 0 Å². The number of rotatable bonds is 5. The molecule has 6 heteroatoms. The normalized spacial score (nSPS) is 10.2. The molecule has 2 aromatic rings. The maximum atomic E-state index is 12.0. The second-order valence-electron chi connectivity index (χ2n) is 4.13. The zero-order valence-corrected chi connectivity index (χ0v) is 11.1. The minimum atomic E-state index is -0.110. The summed E-state index contributed by atoms with van der Waals surface area (Å²) in [6.07, 6.45) is 7.58. The van der Waals surface area contributed by atoms with Gasteiger partial charge >= 0.3 is 0 Å². The van der Waals surface area contributed by atoms with Crippen LogP contribution < -0.4 is 10.6 Å². The monoisotopic (exact) mass is 259 g/mol. The van der Waals surface area contributed by atoms with E-state index in [4.69, 9.17) is 0 Å². The van der Waals surface area contributed by atoms with Crippen LogP contribution in [0.2, 0.25) is 0 Å². The smallest absolute Gasteiger partial charge is 0.253 e. The van der Waals surface area contributed by atoms with Gasteiger partial charge in [0.1, 0.15) is 5.82 Å². The molecule has 2 heterocycles. The largest absolute Gasteiger partial charge is 0.386 e. The summed E-state index contributed by atoms with van der Waals surface area (Å²) in [5, 5.41) is 5.83. The van der Waals surface area contributed by atoms with E-state index in [1.165, 1.54) is 0 Å². The zero-order chi connectivity index (χ0) is 13.7. The van der Waals surface area contributed by atoms with Gasteiger partial charge in [0.2, 0.25) is 0 Å². The standard InChI is InChI=1S/C13H17N5O/c1-14-11-9-15-5-3-10(11)13(19)17-6-4-12-16-7-8-18(12)2/h3,5,7-9,14H,4,6H2,1-2H3,(H,17,19). The van der Waals surface area contributed by atoms with Crippen molar-refractivity contribution in [3.63, 3.8) is 0 Å². The summed E-state index contributed by atoms with van der Waals surface area (Å²) >= 11 is 0. The van der Waals surface area contributed by atoms with Gasteiger partial charge in [0, 0.05) is 45.7 Å². The fraction of sp³-hybridized carbons (Fsp3) is 0.308. The molecule has 0 aliphatic carbocycles. The number of carbonyl (C=O) groups excluding carboxylic acids is 1. The molecule has 0 spiro atoms. The molecule has 2 aromatic heterocycles. The highest BCUT2D eigenvalue weighted by molar-refractivity contribution is 5.99. The van der Waals surface area contributed by atoms with Crippen molar-refractivity contribution >= 4 is 11.6 Å². The second kappa shape index (κ2) is 5.99. The average molecular weight is 259 g/mol. The first kappa shape index (κ1) is 13.1. The molecular formula is C13H17N5O. The van der Waals surface area contributed by atoms with Crippen LogP contribution in [-0.4, -0.2) is 34.0 Å². The van der Waals surface area contributed by atoms with Crippen molar-refractivity contribution in [2.45, 2.75) is 6.42 Å². The third-order valence-electron chi connectivity index (χ3n) is 2.89. The average Bonchev–Trinajstić information content (AvgIpc) is 2.84. The summed E-state index contributed by atoms with van der Waals surface area (Å²) in [7, 11) is 3.70. The maximum absolute atomic E-state index is 12.0. The number of hydrogen-bond donors (Lipinski definition) is 2. The van der Waals surface area contributed by atoms with E-state index in [2.05, 4.69) is 20.6 Å². The summed E-state index contributed by atoms with van der Waals surface area (Å²) in [5.41, 5.74) is 1.31. The van der Waals surface area contributed by atoms with E-state index in [1.54, 1.807) is 31.7 Å². The summed E-state index contributed by atoms with van der Waals surface area (Å²) in [5.74, 6) is 0.838. The fourth-order valence-corrected chi connectivity index (χ4v) is 1.81. The van der Waals surface area contributed by atoms with E-state index in [0.29, 0.717) is 18.5 Å². The first-order chi connectivity index (χ1) is 9.22. The number of imidazole rings is 1. The third-order valence-corrected chi connectivity index (χ3v) is 2.89. The quantitative estimate of drug-likeness (QED) is 0.834. The molecule has 19 heavy (non-hydrogen) atoms. The number of hydrogen-bond acceptors (Lipinski definition) is 4. The Kier molecular flexibility index (Phi) is 4.12. The van der Waals surface area contributed by atoms with Crippen LogP contribution in [0.25, 0.3) is 0 Å². The lowest BCUT2D eigenvalue weighted by Crippen LogP contribution is -2.27. The van der Waals surface area contributed by atoms with Crippen LogP contribution in [0.3, 0.4) is 0 Å². The van der Waals surface area contributed by atoms with Crippen molar-refractivity contribution in [1.29, 1.82) is 0 Å². The lowest BCUT2D eigenvalue weighted by molar-refractivity contribution is 0.0954. The molecule has 2 rings (SSSR count). The number of anilines is 1. The lowest BCUT2D eigenvalue weighted by atomic mass is 10.2. The molecule has 6 nitrogen and oxygen atoms in total. The van der Waals surface area contributed by atoms with Gasteiger partial charge in [-0.05, 0) is 6.07 Å². The van der Waals surface area contributed by atoms with Crippen molar-refractivity contribution in [1.82, 2.24) is 19.9 Å². The molecule has 0 aliphatic rings. The molecule has 0 unspecified atom stereocenters. The van der Waals surface area contributed by atoms with E-state index in [0.717, 1.165) is 11.5 Å². The highest BCUT2D eigenvalue weighted by Gasteiger charge is 2.10. The van der Waals surface area contributed by atoms with E-state index in [1.807, 2.05) is 17.8 Å². The number of aryl methyl sites for hydroxylation is 1. The summed E-state index contributed by atoms with van der Waals surface area (Å²) in [6, 6.07) is 1.70. The number of nitrogens with zero attached hydrogens (tertiary/aromatic N) is 3. The SMILES string of the molecule is CNc1cnccc1C(=O)NCCc1nccn1C. The van der Waals surface area contributed by atoms with E-state index < -0.39 is 0 Å². The van der Waals surface area contributed by atoms with Crippen LogP contribution in [-0.2, 0) is 13.5 Å². The molecule has 0 saturated carbocycles. The topological polar surface area (TPSA) is 71.8 Å². The van der Waals surface area contributed by atoms with Crippen LogP contribution in [0.5, 0.6) is 0 Å². The highest BCUT2D eigenvalue weighted by Crippen LogP contribution is 2.11. The number of amides is 1. The minimum Gasteiger partial charge on any atom is -0.386 e. The molecule has 0 aromatic carbocycles. The summed E-state index contributed by atoms with van der Waals surface area (Å²) in [6.45, 7) is 0.551. The Hall–Kier alpha value is -2.37. The predicted molar refractivity (Wildman–Crippen MR) is 73.0 cm³/mol. The molecule has 0 fully saturated rings. The molecule has 0 atom stereocenters. The Morgan fingerprint density at radius 3 is 2.95 bits per heavy atom. The Balaban J connectivity index is 1.93. The molecule has 2 N–H and O–H groups in total. The van der Waals surface area contributed by atoms with E-state index >= 15 is 0 Å². The Morgan fingerprint density at radius 1 is 1.42 bits per heavy atom. The van der Waals surface area contributed by atoms with Gasteiger partial charge in [0.05, 0.1) is 17.4 Å². The van der Waals surface area contributed by atoms with Crippen LogP contribution in [0, 0.1) is 0 Å².